The van der Waals surface area contributed by atoms with Crippen LogP contribution in [0.2, 0.25) is 0 Å². The Kier molecular flexibility index (Phi) is 6.15. The van der Waals surface area contributed by atoms with Crippen LogP contribution in [-0.4, -0.2) is 18.5 Å². The summed E-state index contributed by atoms with van der Waals surface area (Å²) in [5.74, 6) is -1.68. The summed E-state index contributed by atoms with van der Waals surface area (Å²) in [6, 6.07) is 3.61. The highest BCUT2D eigenvalue weighted by molar-refractivity contribution is 5.90. The van der Waals surface area contributed by atoms with Gasteiger partial charge in [0.25, 0.3) is 0 Å². The van der Waals surface area contributed by atoms with Gasteiger partial charge in [0.1, 0.15) is 11.6 Å². The number of ether oxygens (including phenoxy) is 2. The highest BCUT2D eigenvalue weighted by Crippen LogP contribution is 2.18. The molecule has 5 heteroatoms. The van der Waals surface area contributed by atoms with Crippen molar-refractivity contribution in [3.63, 3.8) is 0 Å². The molecule has 0 saturated carbocycles. The van der Waals surface area contributed by atoms with Crippen LogP contribution in [0.4, 0.5) is 4.39 Å². The molecule has 1 aromatic rings. The van der Waals surface area contributed by atoms with Gasteiger partial charge in [-0.1, -0.05) is 26.7 Å². The van der Waals surface area contributed by atoms with Crippen LogP contribution in [0.15, 0.2) is 18.2 Å². The summed E-state index contributed by atoms with van der Waals surface area (Å²) in [6.45, 7) is 5.51. The number of hydrogen-bond donors (Lipinski definition) is 0. The summed E-state index contributed by atoms with van der Waals surface area (Å²) in [7, 11) is 0. The Morgan fingerprint density at radius 1 is 1.25 bits per heavy atom. The minimum absolute atomic E-state index is 0.0616. The fourth-order valence-electron chi connectivity index (χ4n) is 1.69. The molecule has 0 heterocycles. The van der Waals surface area contributed by atoms with Gasteiger partial charge in [0, 0.05) is 13.0 Å². The molecule has 4 nitrogen and oxygen atoms in total. The van der Waals surface area contributed by atoms with Gasteiger partial charge in [-0.05, 0) is 18.1 Å². The molecule has 0 spiro atoms. The molecule has 0 bridgehead atoms. The lowest BCUT2D eigenvalue weighted by Gasteiger charge is -2.13. The summed E-state index contributed by atoms with van der Waals surface area (Å²) in [5.41, 5.74) is -0.160. The molecular weight excluding hydrogens is 263 g/mol. The predicted octanol–water partition coefficient (Wildman–Crippen LogP) is 3.34. The number of rotatable bonds is 6. The maximum atomic E-state index is 13.7. The van der Waals surface area contributed by atoms with Gasteiger partial charge in [-0.15, -0.1) is 0 Å². The Morgan fingerprint density at radius 3 is 2.40 bits per heavy atom. The molecule has 0 aromatic heterocycles. The summed E-state index contributed by atoms with van der Waals surface area (Å²) >= 11 is 0. The molecule has 20 heavy (non-hydrogen) atoms. The van der Waals surface area contributed by atoms with E-state index < -0.39 is 17.8 Å². The fraction of sp³-hybridized carbons (Fsp3) is 0.467. The Bertz CT molecular complexity index is 481. The molecule has 0 unspecified atom stereocenters. The van der Waals surface area contributed by atoms with E-state index >= 15 is 0 Å². The largest absolute Gasteiger partial charge is 0.462 e. The highest BCUT2D eigenvalue weighted by atomic mass is 19.1. The molecule has 1 rings (SSSR count). The lowest BCUT2D eigenvalue weighted by atomic mass is 10.1. The van der Waals surface area contributed by atoms with Gasteiger partial charge in [-0.2, -0.15) is 0 Å². The second-order valence-electron chi connectivity index (χ2n) is 4.52. The third-order valence-electron chi connectivity index (χ3n) is 3.03. The van der Waals surface area contributed by atoms with Crippen LogP contribution in [0.3, 0.4) is 0 Å². The Labute approximate surface area is 117 Å². The minimum Gasteiger partial charge on any atom is -0.462 e. The lowest BCUT2D eigenvalue weighted by Crippen LogP contribution is -2.14. The number of carbonyl (C=O) groups excluding carboxylic acids is 2. The van der Waals surface area contributed by atoms with Crippen molar-refractivity contribution in [2.75, 3.05) is 6.61 Å². The van der Waals surface area contributed by atoms with Crippen molar-refractivity contribution in [1.82, 2.24) is 0 Å². The van der Waals surface area contributed by atoms with Crippen molar-refractivity contribution in [1.29, 1.82) is 0 Å². The molecule has 110 valence electrons. The number of hydrogen-bond acceptors (Lipinski definition) is 4. The fourth-order valence-corrected chi connectivity index (χ4v) is 1.69. The van der Waals surface area contributed by atoms with Crippen LogP contribution in [0.25, 0.3) is 0 Å². The minimum atomic E-state index is -0.765. The summed E-state index contributed by atoms with van der Waals surface area (Å²) in [6.07, 6.45) is 1.80. The quantitative estimate of drug-likeness (QED) is 0.593. The maximum absolute atomic E-state index is 13.7. The van der Waals surface area contributed by atoms with E-state index in [1.165, 1.54) is 19.1 Å². The normalized spacial score (nSPS) is 10.4. The average Bonchev–Trinajstić information content (AvgIpc) is 2.39. The van der Waals surface area contributed by atoms with Crippen molar-refractivity contribution in [3.8, 4) is 5.75 Å². The Morgan fingerprint density at radius 2 is 1.90 bits per heavy atom. The van der Waals surface area contributed by atoms with E-state index in [4.69, 9.17) is 9.47 Å². The molecule has 0 N–H and O–H groups in total. The molecule has 0 fully saturated rings. The molecule has 0 aliphatic carbocycles. The van der Waals surface area contributed by atoms with E-state index in [0.29, 0.717) is 0 Å². The second kappa shape index (κ2) is 7.62. The van der Waals surface area contributed by atoms with Crippen molar-refractivity contribution >= 4 is 11.9 Å². The molecule has 0 aliphatic heterocycles. The molecule has 0 radical (unpaired) electrons. The topological polar surface area (TPSA) is 52.6 Å². The third kappa shape index (κ3) is 4.64. The standard InChI is InChI=1S/C15H19FO4/c1-4-11(5-2)9-19-15(18)13-7-6-12(8-14(13)16)20-10(3)17/h6-8,11H,4-5,9H2,1-3H3. The molecule has 0 atom stereocenters. The molecule has 0 amide bonds. The molecule has 0 aliphatic rings. The van der Waals surface area contributed by atoms with Crippen molar-refractivity contribution in [2.45, 2.75) is 33.6 Å². The summed E-state index contributed by atoms with van der Waals surface area (Å²) < 4.78 is 23.6. The van der Waals surface area contributed by atoms with Crippen LogP contribution < -0.4 is 4.74 Å². The lowest BCUT2D eigenvalue weighted by molar-refractivity contribution is -0.131. The van der Waals surface area contributed by atoms with Gasteiger partial charge in [0.05, 0.1) is 12.2 Å². The van der Waals surface area contributed by atoms with Gasteiger partial charge in [-0.3, -0.25) is 4.79 Å². The zero-order chi connectivity index (χ0) is 15.1. The third-order valence-corrected chi connectivity index (χ3v) is 3.03. The number of benzene rings is 1. The van der Waals surface area contributed by atoms with E-state index in [0.717, 1.165) is 18.9 Å². The van der Waals surface area contributed by atoms with E-state index in [-0.39, 0.29) is 23.8 Å². The van der Waals surface area contributed by atoms with Crippen LogP contribution in [0, 0.1) is 11.7 Å². The van der Waals surface area contributed by atoms with Gasteiger partial charge in [0.15, 0.2) is 0 Å². The van der Waals surface area contributed by atoms with Crippen molar-refractivity contribution in [3.05, 3.63) is 29.6 Å². The molecule has 1 aromatic carbocycles. The van der Waals surface area contributed by atoms with Crippen LogP contribution in [-0.2, 0) is 9.53 Å². The smallest absolute Gasteiger partial charge is 0.341 e. The van der Waals surface area contributed by atoms with Gasteiger partial charge in [0.2, 0.25) is 0 Å². The summed E-state index contributed by atoms with van der Waals surface area (Å²) in [5, 5.41) is 0. The highest BCUT2D eigenvalue weighted by Gasteiger charge is 2.16. The first-order valence-electron chi connectivity index (χ1n) is 6.63. The molecule has 0 saturated heterocycles. The Hall–Kier alpha value is -1.91. The number of halogens is 1. The number of carbonyl (C=O) groups is 2. The molecular formula is C15H19FO4. The first-order chi connectivity index (χ1) is 9.47. The van der Waals surface area contributed by atoms with Crippen molar-refractivity contribution in [2.24, 2.45) is 5.92 Å². The van der Waals surface area contributed by atoms with Gasteiger partial charge >= 0.3 is 11.9 Å². The van der Waals surface area contributed by atoms with Crippen molar-refractivity contribution < 1.29 is 23.5 Å². The first-order valence-corrected chi connectivity index (χ1v) is 6.63. The van der Waals surface area contributed by atoms with Crippen LogP contribution >= 0.6 is 0 Å². The van der Waals surface area contributed by atoms with Gasteiger partial charge < -0.3 is 9.47 Å². The van der Waals surface area contributed by atoms with E-state index in [9.17, 15) is 14.0 Å². The van der Waals surface area contributed by atoms with E-state index in [1.54, 1.807) is 0 Å². The Balaban J connectivity index is 2.71. The van der Waals surface area contributed by atoms with Gasteiger partial charge in [-0.25, -0.2) is 9.18 Å². The summed E-state index contributed by atoms with van der Waals surface area (Å²) in [4.78, 5) is 22.5. The second-order valence-corrected chi connectivity index (χ2v) is 4.52. The van der Waals surface area contributed by atoms with E-state index in [1.807, 2.05) is 13.8 Å². The van der Waals surface area contributed by atoms with Crippen LogP contribution in [0.1, 0.15) is 44.0 Å². The SMILES string of the molecule is CCC(CC)COC(=O)c1ccc(OC(C)=O)cc1F. The zero-order valence-corrected chi connectivity index (χ0v) is 11.9. The maximum Gasteiger partial charge on any atom is 0.341 e. The van der Waals surface area contributed by atoms with E-state index in [2.05, 4.69) is 0 Å². The number of esters is 2. The zero-order valence-electron chi connectivity index (χ0n) is 11.9. The van der Waals surface area contributed by atoms with Crippen LogP contribution in [0.5, 0.6) is 5.75 Å². The first kappa shape index (κ1) is 16.1. The predicted molar refractivity (Wildman–Crippen MR) is 72.1 cm³/mol. The monoisotopic (exact) mass is 282 g/mol. The average molecular weight is 282 g/mol.